The molecule has 2 atom stereocenters. The SMILES string of the molecule is CN(C(=O)C(C)(C)S(C)(=O)=O)[C@H]1CNC[C@@H]1O. The lowest BCUT2D eigenvalue weighted by Gasteiger charge is -2.32. The maximum absolute atomic E-state index is 12.2. The number of aliphatic hydroxyl groups is 1. The van der Waals surface area contributed by atoms with Gasteiger partial charge in [0.1, 0.15) is 4.75 Å². The number of carbonyl (C=O) groups excluding carboxylic acids is 1. The number of nitrogens with zero attached hydrogens (tertiary/aromatic N) is 1. The van der Waals surface area contributed by atoms with Gasteiger partial charge in [-0.05, 0) is 13.8 Å². The summed E-state index contributed by atoms with van der Waals surface area (Å²) in [7, 11) is -1.96. The Morgan fingerprint density at radius 2 is 1.94 bits per heavy atom. The third kappa shape index (κ3) is 2.61. The van der Waals surface area contributed by atoms with Crippen molar-refractivity contribution in [1.29, 1.82) is 0 Å². The molecule has 0 bridgehead atoms. The molecule has 100 valence electrons. The number of β-amino-alcohol motifs (C(OH)–C–C–N with tert-alkyl or cyclic N) is 1. The van der Waals surface area contributed by atoms with Gasteiger partial charge in [0.05, 0.1) is 12.1 Å². The van der Waals surface area contributed by atoms with E-state index in [0.29, 0.717) is 13.1 Å². The van der Waals surface area contributed by atoms with Crippen LogP contribution in [0.2, 0.25) is 0 Å². The first kappa shape index (κ1) is 14.4. The Hall–Kier alpha value is -0.660. The Labute approximate surface area is 102 Å². The van der Waals surface area contributed by atoms with Gasteiger partial charge in [-0.1, -0.05) is 0 Å². The van der Waals surface area contributed by atoms with Crippen LogP contribution in [0.5, 0.6) is 0 Å². The molecule has 2 N–H and O–H groups in total. The minimum atomic E-state index is -3.49. The highest BCUT2D eigenvalue weighted by molar-refractivity contribution is 7.92. The Bertz CT molecular complexity index is 405. The molecule has 1 fully saturated rings. The standard InChI is InChI=1S/C10H20N2O4S/c1-10(2,17(4,15)16)9(14)12(3)7-5-11-6-8(7)13/h7-8,11,13H,5-6H2,1-4H3/t7-,8-/m0/s1. The van der Waals surface area contributed by atoms with Gasteiger partial charge >= 0.3 is 0 Å². The van der Waals surface area contributed by atoms with Crippen LogP contribution < -0.4 is 5.32 Å². The van der Waals surface area contributed by atoms with E-state index in [2.05, 4.69) is 5.32 Å². The lowest BCUT2D eigenvalue weighted by molar-refractivity contribution is -0.135. The first-order chi connectivity index (χ1) is 7.59. The molecule has 6 nitrogen and oxygen atoms in total. The largest absolute Gasteiger partial charge is 0.390 e. The summed E-state index contributed by atoms with van der Waals surface area (Å²) in [5.41, 5.74) is 0. The topological polar surface area (TPSA) is 86.7 Å². The second kappa shape index (κ2) is 4.55. The van der Waals surface area contributed by atoms with Crippen molar-refractivity contribution in [3.63, 3.8) is 0 Å². The number of rotatable bonds is 3. The van der Waals surface area contributed by atoms with Crippen LogP contribution in [0.25, 0.3) is 0 Å². The highest BCUT2D eigenvalue weighted by Gasteiger charge is 2.43. The third-order valence-electron chi connectivity index (χ3n) is 3.41. The van der Waals surface area contributed by atoms with Crippen LogP contribution in [-0.4, -0.2) is 67.6 Å². The molecular weight excluding hydrogens is 244 g/mol. The van der Waals surface area contributed by atoms with Crippen molar-refractivity contribution in [3.8, 4) is 0 Å². The molecule has 0 saturated carbocycles. The molecule has 1 rings (SSSR count). The molecular formula is C10H20N2O4S. The van der Waals surface area contributed by atoms with Gasteiger partial charge in [-0.2, -0.15) is 0 Å². The number of carbonyl (C=O) groups is 1. The highest BCUT2D eigenvalue weighted by Crippen LogP contribution is 2.20. The molecule has 1 saturated heterocycles. The Morgan fingerprint density at radius 3 is 2.29 bits per heavy atom. The zero-order valence-corrected chi connectivity index (χ0v) is 11.4. The maximum atomic E-state index is 12.2. The molecule has 1 amide bonds. The predicted octanol–water partition coefficient (Wildman–Crippen LogP) is -1.40. The molecule has 1 heterocycles. The number of hydrogen-bond donors (Lipinski definition) is 2. The van der Waals surface area contributed by atoms with Crippen molar-refractivity contribution in [3.05, 3.63) is 0 Å². The van der Waals surface area contributed by atoms with Crippen LogP contribution >= 0.6 is 0 Å². The average Bonchev–Trinajstić information content (AvgIpc) is 2.60. The Balaban J connectivity index is 2.90. The molecule has 0 aromatic rings. The van der Waals surface area contributed by atoms with Gasteiger partial charge in [0.15, 0.2) is 9.84 Å². The number of sulfone groups is 1. The molecule has 0 aromatic heterocycles. The quantitative estimate of drug-likeness (QED) is 0.655. The van der Waals surface area contributed by atoms with Crippen LogP contribution in [-0.2, 0) is 14.6 Å². The van der Waals surface area contributed by atoms with Crippen molar-refractivity contribution < 1.29 is 18.3 Å². The number of nitrogens with one attached hydrogen (secondary N) is 1. The van der Waals surface area contributed by atoms with E-state index in [-0.39, 0.29) is 6.04 Å². The van der Waals surface area contributed by atoms with Crippen molar-refractivity contribution in [2.75, 3.05) is 26.4 Å². The molecule has 1 aliphatic rings. The van der Waals surface area contributed by atoms with Gasteiger partial charge in [0.25, 0.3) is 0 Å². The number of hydrogen-bond acceptors (Lipinski definition) is 5. The Kier molecular flexibility index (Phi) is 3.85. The normalized spacial score (nSPS) is 25.9. The summed E-state index contributed by atoms with van der Waals surface area (Å²) in [4.78, 5) is 13.5. The van der Waals surface area contributed by atoms with E-state index in [1.807, 2.05) is 0 Å². The van der Waals surface area contributed by atoms with Crippen molar-refractivity contribution in [1.82, 2.24) is 10.2 Å². The number of aliphatic hydroxyl groups excluding tert-OH is 1. The smallest absolute Gasteiger partial charge is 0.243 e. The van der Waals surface area contributed by atoms with Crippen LogP contribution in [0, 0.1) is 0 Å². The fourth-order valence-electron chi connectivity index (χ4n) is 1.78. The van der Waals surface area contributed by atoms with Gasteiger partial charge in [-0.15, -0.1) is 0 Å². The molecule has 1 aliphatic heterocycles. The van der Waals surface area contributed by atoms with E-state index < -0.39 is 26.6 Å². The molecule has 0 unspecified atom stereocenters. The van der Waals surface area contributed by atoms with Gasteiger partial charge < -0.3 is 15.3 Å². The molecule has 0 aromatic carbocycles. The minimum Gasteiger partial charge on any atom is -0.390 e. The second-order valence-electron chi connectivity index (χ2n) is 4.99. The predicted molar refractivity (Wildman–Crippen MR) is 64.4 cm³/mol. The molecule has 17 heavy (non-hydrogen) atoms. The summed E-state index contributed by atoms with van der Waals surface area (Å²) < 4.78 is 21.7. The number of amides is 1. The fraction of sp³-hybridized carbons (Fsp3) is 0.900. The summed E-state index contributed by atoms with van der Waals surface area (Å²) in [5.74, 6) is -0.493. The fourth-order valence-corrected chi connectivity index (χ4v) is 2.24. The van der Waals surface area contributed by atoms with E-state index in [4.69, 9.17) is 0 Å². The zero-order valence-electron chi connectivity index (χ0n) is 10.6. The van der Waals surface area contributed by atoms with Crippen molar-refractivity contribution in [2.45, 2.75) is 30.7 Å². The van der Waals surface area contributed by atoms with E-state index in [1.54, 1.807) is 0 Å². The summed E-state index contributed by atoms with van der Waals surface area (Å²) in [5, 5.41) is 12.6. The zero-order chi connectivity index (χ0) is 13.4. The van der Waals surface area contributed by atoms with E-state index in [9.17, 15) is 18.3 Å². The summed E-state index contributed by atoms with van der Waals surface area (Å²) in [6, 6.07) is -0.372. The lowest BCUT2D eigenvalue weighted by atomic mass is 10.1. The summed E-state index contributed by atoms with van der Waals surface area (Å²) in [6.07, 6.45) is 0.390. The second-order valence-corrected chi connectivity index (χ2v) is 7.56. The minimum absolute atomic E-state index is 0.372. The van der Waals surface area contributed by atoms with E-state index in [1.165, 1.54) is 25.8 Å². The van der Waals surface area contributed by atoms with Gasteiger partial charge in [0.2, 0.25) is 5.91 Å². The van der Waals surface area contributed by atoms with Crippen LogP contribution in [0.4, 0.5) is 0 Å². The van der Waals surface area contributed by atoms with Crippen LogP contribution in [0.15, 0.2) is 0 Å². The van der Waals surface area contributed by atoms with E-state index >= 15 is 0 Å². The first-order valence-electron chi connectivity index (χ1n) is 5.44. The van der Waals surface area contributed by atoms with Crippen molar-refractivity contribution >= 4 is 15.7 Å². The molecule has 0 spiro atoms. The molecule has 0 radical (unpaired) electrons. The monoisotopic (exact) mass is 264 g/mol. The van der Waals surface area contributed by atoms with E-state index in [0.717, 1.165) is 6.26 Å². The highest BCUT2D eigenvalue weighted by atomic mass is 32.2. The maximum Gasteiger partial charge on any atom is 0.243 e. The Morgan fingerprint density at radius 1 is 1.41 bits per heavy atom. The van der Waals surface area contributed by atoms with Gasteiger partial charge in [-0.25, -0.2) is 8.42 Å². The molecule has 0 aliphatic carbocycles. The number of likely N-dealkylation sites (N-methyl/N-ethyl adjacent to an activating group) is 1. The van der Waals surface area contributed by atoms with Gasteiger partial charge in [-0.3, -0.25) is 4.79 Å². The van der Waals surface area contributed by atoms with Crippen LogP contribution in [0.1, 0.15) is 13.8 Å². The first-order valence-corrected chi connectivity index (χ1v) is 7.34. The van der Waals surface area contributed by atoms with Gasteiger partial charge in [0, 0.05) is 26.4 Å². The third-order valence-corrected chi connectivity index (χ3v) is 5.44. The average molecular weight is 264 g/mol. The molecule has 7 heteroatoms. The summed E-state index contributed by atoms with van der Waals surface area (Å²) in [6.45, 7) is 3.66. The summed E-state index contributed by atoms with van der Waals surface area (Å²) >= 11 is 0. The lowest BCUT2D eigenvalue weighted by Crippen LogP contribution is -2.54. The van der Waals surface area contributed by atoms with Crippen molar-refractivity contribution in [2.24, 2.45) is 0 Å². The van der Waals surface area contributed by atoms with Crippen LogP contribution in [0.3, 0.4) is 0 Å².